The van der Waals surface area contributed by atoms with Crippen molar-refractivity contribution in [1.29, 1.82) is 0 Å². The summed E-state index contributed by atoms with van der Waals surface area (Å²) in [4.78, 5) is 17.6. The van der Waals surface area contributed by atoms with E-state index in [0.717, 1.165) is 0 Å². The molecule has 0 atom stereocenters. The first-order chi connectivity index (χ1) is 9.00. The monoisotopic (exact) mass is 321 g/mol. The van der Waals surface area contributed by atoms with E-state index in [9.17, 15) is 9.90 Å². The Morgan fingerprint density at radius 1 is 1.42 bits per heavy atom. The maximum atomic E-state index is 12.3. The van der Waals surface area contributed by atoms with Crippen LogP contribution in [0.2, 0.25) is 0 Å². The van der Waals surface area contributed by atoms with Crippen molar-refractivity contribution in [3.63, 3.8) is 0 Å². The Bertz CT molecular complexity index is 631. The summed E-state index contributed by atoms with van der Waals surface area (Å²) in [6.45, 7) is 0. The van der Waals surface area contributed by atoms with Crippen LogP contribution in [0.25, 0.3) is 0 Å². The lowest BCUT2D eigenvalue weighted by Crippen LogP contribution is -2.27. The highest BCUT2D eigenvalue weighted by Crippen LogP contribution is 2.27. The molecule has 0 aliphatic carbocycles. The van der Waals surface area contributed by atoms with E-state index in [4.69, 9.17) is 5.73 Å². The van der Waals surface area contributed by atoms with Gasteiger partial charge in [0.05, 0.1) is 22.0 Å². The van der Waals surface area contributed by atoms with Crippen LogP contribution in [0.3, 0.4) is 0 Å². The molecule has 0 fully saturated rings. The number of nitrogen functional groups attached to an aromatic ring is 1. The van der Waals surface area contributed by atoms with Crippen molar-refractivity contribution in [2.24, 2.45) is 0 Å². The topological polar surface area (TPSA) is 79.5 Å². The second-order valence-electron chi connectivity index (χ2n) is 3.96. The van der Waals surface area contributed by atoms with Gasteiger partial charge in [0.15, 0.2) is 0 Å². The van der Waals surface area contributed by atoms with Crippen LogP contribution in [0, 0.1) is 0 Å². The predicted octanol–water partition coefficient (Wildman–Crippen LogP) is 2.41. The first-order valence-corrected chi connectivity index (χ1v) is 6.26. The molecule has 19 heavy (non-hydrogen) atoms. The fourth-order valence-electron chi connectivity index (χ4n) is 1.65. The van der Waals surface area contributed by atoms with Gasteiger partial charge >= 0.3 is 0 Å². The van der Waals surface area contributed by atoms with Crippen molar-refractivity contribution in [3.05, 3.63) is 46.7 Å². The minimum Gasteiger partial charge on any atom is -0.507 e. The van der Waals surface area contributed by atoms with Crippen molar-refractivity contribution in [3.8, 4) is 5.75 Å². The van der Waals surface area contributed by atoms with Gasteiger partial charge in [0.25, 0.3) is 5.91 Å². The number of rotatable bonds is 2. The molecule has 0 aliphatic rings. The van der Waals surface area contributed by atoms with Crippen LogP contribution in [0.1, 0.15) is 10.4 Å². The molecule has 0 saturated carbocycles. The normalized spacial score (nSPS) is 10.2. The Labute approximate surface area is 118 Å². The average Bonchev–Trinajstić information content (AvgIpc) is 2.41. The molecule has 98 valence electrons. The minimum absolute atomic E-state index is 0.0157. The second-order valence-corrected chi connectivity index (χ2v) is 4.82. The highest BCUT2D eigenvalue weighted by atomic mass is 79.9. The van der Waals surface area contributed by atoms with E-state index >= 15 is 0 Å². The van der Waals surface area contributed by atoms with Gasteiger partial charge in [-0.25, -0.2) is 0 Å². The molecule has 0 unspecified atom stereocenters. The van der Waals surface area contributed by atoms with Crippen molar-refractivity contribution in [2.75, 3.05) is 17.7 Å². The summed E-state index contributed by atoms with van der Waals surface area (Å²) in [7, 11) is 1.62. The third-order valence-corrected chi connectivity index (χ3v) is 3.36. The summed E-state index contributed by atoms with van der Waals surface area (Å²) in [5.74, 6) is -0.248. The molecule has 5 nitrogen and oxygen atoms in total. The third kappa shape index (κ3) is 2.68. The number of phenolic OH excluding ortho intramolecular Hbond substituents is 1. The number of hydrogen-bond acceptors (Lipinski definition) is 4. The van der Waals surface area contributed by atoms with E-state index in [0.29, 0.717) is 21.4 Å². The quantitative estimate of drug-likeness (QED) is 0.890. The SMILES string of the molecule is CN(C(=O)c1ccc(Br)c(O)c1)c1ccncc1N. The first kappa shape index (κ1) is 13.4. The number of hydrogen-bond donors (Lipinski definition) is 2. The number of carbonyl (C=O) groups is 1. The van der Waals surface area contributed by atoms with Gasteiger partial charge in [-0.2, -0.15) is 0 Å². The van der Waals surface area contributed by atoms with E-state index in [1.54, 1.807) is 31.4 Å². The molecule has 0 saturated heterocycles. The van der Waals surface area contributed by atoms with Gasteiger partial charge in [0, 0.05) is 18.8 Å². The van der Waals surface area contributed by atoms with E-state index < -0.39 is 0 Å². The number of aromatic hydroxyl groups is 1. The van der Waals surface area contributed by atoms with Crippen LogP contribution in [-0.4, -0.2) is 23.0 Å². The van der Waals surface area contributed by atoms with Crippen molar-refractivity contribution in [2.45, 2.75) is 0 Å². The van der Waals surface area contributed by atoms with Crippen molar-refractivity contribution >= 4 is 33.2 Å². The summed E-state index contributed by atoms with van der Waals surface area (Å²) in [5.41, 5.74) is 7.14. The van der Waals surface area contributed by atoms with E-state index in [1.165, 1.54) is 17.2 Å². The number of halogens is 1. The van der Waals surface area contributed by atoms with Crippen LogP contribution in [0.15, 0.2) is 41.1 Å². The Hall–Kier alpha value is -2.08. The first-order valence-electron chi connectivity index (χ1n) is 5.46. The maximum absolute atomic E-state index is 12.3. The number of phenols is 1. The van der Waals surface area contributed by atoms with Crippen molar-refractivity contribution in [1.82, 2.24) is 4.98 Å². The van der Waals surface area contributed by atoms with E-state index in [2.05, 4.69) is 20.9 Å². The fraction of sp³-hybridized carbons (Fsp3) is 0.0769. The summed E-state index contributed by atoms with van der Waals surface area (Å²) in [6.07, 6.45) is 3.05. The Balaban J connectivity index is 2.34. The molecular weight excluding hydrogens is 310 g/mol. The lowest BCUT2D eigenvalue weighted by Gasteiger charge is -2.19. The van der Waals surface area contributed by atoms with Crippen LogP contribution >= 0.6 is 15.9 Å². The molecule has 1 aromatic heterocycles. The van der Waals surface area contributed by atoms with Gasteiger partial charge in [-0.3, -0.25) is 9.78 Å². The number of amides is 1. The number of aromatic nitrogens is 1. The summed E-state index contributed by atoms with van der Waals surface area (Å²) in [5, 5.41) is 9.60. The highest BCUT2D eigenvalue weighted by Gasteiger charge is 2.16. The van der Waals surface area contributed by atoms with Crippen LogP contribution < -0.4 is 10.6 Å². The Kier molecular flexibility index (Phi) is 3.71. The lowest BCUT2D eigenvalue weighted by molar-refractivity contribution is 0.0992. The molecule has 3 N–H and O–H groups in total. The number of anilines is 2. The fourth-order valence-corrected chi connectivity index (χ4v) is 1.90. The van der Waals surface area contributed by atoms with E-state index in [-0.39, 0.29) is 11.7 Å². The average molecular weight is 322 g/mol. The molecule has 2 aromatic rings. The predicted molar refractivity (Wildman–Crippen MR) is 77.2 cm³/mol. The van der Waals surface area contributed by atoms with Gasteiger partial charge in [0.1, 0.15) is 5.75 Å². The molecule has 0 bridgehead atoms. The zero-order chi connectivity index (χ0) is 14.0. The molecule has 0 spiro atoms. The lowest BCUT2D eigenvalue weighted by atomic mass is 10.2. The van der Waals surface area contributed by atoms with Crippen LogP contribution in [0.5, 0.6) is 5.75 Å². The summed E-state index contributed by atoms with van der Waals surface area (Å²) < 4.78 is 0.537. The minimum atomic E-state index is -0.263. The number of pyridine rings is 1. The van der Waals surface area contributed by atoms with Gasteiger partial charge < -0.3 is 15.7 Å². The van der Waals surface area contributed by atoms with Gasteiger partial charge in [-0.15, -0.1) is 0 Å². The zero-order valence-corrected chi connectivity index (χ0v) is 11.8. The summed E-state index contributed by atoms with van der Waals surface area (Å²) >= 11 is 3.17. The third-order valence-electron chi connectivity index (χ3n) is 2.69. The maximum Gasteiger partial charge on any atom is 0.258 e. The second kappa shape index (κ2) is 5.27. The number of nitrogens with two attached hydrogens (primary N) is 1. The molecule has 2 rings (SSSR count). The largest absolute Gasteiger partial charge is 0.507 e. The highest BCUT2D eigenvalue weighted by molar-refractivity contribution is 9.10. The molecule has 1 aromatic carbocycles. The standard InChI is InChI=1S/C13H12BrN3O2/c1-17(11-4-5-16-7-10(11)15)13(19)8-2-3-9(14)12(18)6-8/h2-7,18H,15H2,1H3. The van der Waals surface area contributed by atoms with E-state index in [1.807, 2.05) is 0 Å². The van der Waals surface area contributed by atoms with Gasteiger partial charge in [-0.1, -0.05) is 0 Å². The van der Waals surface area contributed by atoms with Crippen molar-refractivity contribution < 1.29 is 9.90 Å². The van der Waals surface area contributed by atoms with Gasteiger partial charge in [0.2, 0.25) is 0 Å². The molecule has 1 amide bonds. The number of nitrogens with zero attached hydrogens (tertiary/aromatic N) is 2. The zero-order valence-electron chi connectivity index (χ0n) is 10.2. The summed E-state index contributed by atoms with van der Waals surface area (Å²) in [6, 6.07) is 6.30. The Morgan fingerprint density at radius 2 is 2.16 bits per heavy atom. The molecule has 6 heteroatoms. The Morgan fingerprint density at radius 3 is 2.79 bits per heavy atom. The molecule has 1 heterocycles. The number of carbonyl (C=O) groups excluding carboxylic acids is 1. The molecular formula is C13H12BrN3O2. The number of benzene rings is 1. The molecule has 0 radical (unpaired) electrons. The molecule has 0 aliphatic heterocycles. The van der Waals surface area contributed by atoms with Gasteiger partial charge in [-0.05, 0) is 40.2 Å². The van der Waals surface area contributed by atoms with Crippen LogP contribution in [-0.2, 0) is 0 Å². The van der Waals surface area contributed by atoms with Crippen LogP contribution in [0.4, 0.5) is 11.4 Å². The smallest absolute Gasteiger partial charge is 0.258 e.